The van der Waals surface area contributed by atoms with Crippen molar-refractivity contribution in [1.29, 1.82) is 0 Å². The molecule has 3 rings (SSSR count). The van der Waals surface area contributed by atoms with Crippen LogP contribution in [0.15, 0.2) is 17.0 Å². The first-order valence-electron chi connectivity index (χ1n) is 5.20. The summed E-state index contributed by atoms with van der Waals surface area (Å²) in [5.41, 5.74) is 0. The summed E-state index contributed by atoms with van der Waals surface area (Å²) in [5.74, 6) is 0.867. The largest absolute Gasteiger partial charge is 0.373 e. The van der Waals surface area contributed by atoms with Gasteiger partial charge >= 0.3 is 0 Å². The van der Waals surface area contributed by atoms with Gasteiger partial charge in [0.25, 0.3) is 0 Å². The number of halogens is 1. The average molecular weight is 270 g/mol. The van der Waals surface area contributed by atoms with Crippen molar-refractivity contribution in [2.24, 2.45) is 0 Å². The normalized spacial score (nSPS) is 33.3. The predicted molar refractivity (Wildman–Crippen MR) is 59.7 cm³/mol. The minimum atomic E-state index is 0.372. The van der Waals surface area contributed by atoms with Crippen molar-refractivity contribution >= 4 is 21.7 Å². The van der Waals surface area contributed by atoms with E-state index in [0.717, 1.165) is 16.7 Å². The number of nitrogens with zero attached hydrogens (tertiary/aromatic N) is 2. The molecule has 80 valence electrons. The summed E-state index contributed by atoms with van der Waals surface area (Å²) < 4.78 is 6.69. The molecule has 0 radical (unpaired) electrons. The van der Waals surface area contributed by atoms with E-state index in [2.05, 4.69) is 31.2 Å². The monoisotopic (exact) mass is 269 g/mol. The summed E-state index contributed by atoms with van der Waals surface area (Å²) in [4.78, 5) is 8.14. The molecule has 0 aliphatic carbocycles. The molecule has 2 saturated heterocycles. The third kappa shape index (κ3) is 1.74. The first kappa shape index (κ1) is 9.54. The van der Waals surface area contributed by atoms with Crippen molar-refractivity contribution in [3.8, 4) is 0 Å². The number of aromatic nitrogens is 2. The highest BCUT2D eigenvalue weighted by Gasteiger charge is 2.40. The second-order valence-corrected chi connectivity index (χ2v) is 4.93. The van der Waals surface area contributed by atoms with Gasteiger partial charge in [0.2, 0.25) is 0 Å². The maximum atomic E-state index is 5.78. The van der Waals surface area contributed by atoms with Gasteiger partial charge < -0.3 is 10.1 Å². The van der Waals surface area contributed by atoms with Gasteiger partial charge in [-0.3, -0.25) is 0 Å². The summed E-state index contributed by atoms with van der Waals surface area (Å²) in [5, 5.41) is 3.42. The van der Waals surface area contributed by atoms with Crippen molar-refractivity contribution in [2.45, 2.75) is 37.5 Å². The quantitative estimate of drug-likeness (QED) is 0.892. The molecule has 0 amide bonds. The Bertz CT molecular complexity index is 373. The minimum absolute atomic E-state index is 0.372. The number of fused-ring (bicyclic) bond motifs is 2. The van der Waals surface area contributed by atoms with E-state index >= 15 is 0 Å². The summed E-state index contributed by atoms with van der Waals surface area (Å²) in [7, 11) is 0. The Morgan fingerprint density at radius 1 is 1.47 bits per heavy atom. The van der Waals surface area contributed by atoms with Gasteiger partial charge in [-0.25, -0.2) is 9.97 Å². The van der Waals surface area contributed by atoms with Crippen LogP contribution in [0.2, 0.25) is 0 Å². The summed E-state index contributed by atoms with van der Waals surface area (Å²) in [6.45, 7) is 0. The third-order valence-corrected chi connectivity index (χ3v) is 3.68. The fourth-order valence-corrected chi connectivity index (χ4v) is 2.72. The van der Waals surface area contributed by atoms with Crippen LogP contribution in [0.5, 0.6) is 0 Å². The van der Waals surface area contributed by atoms with E-state index < -0.39 is 0 Å². The zero-order valence-electron chi connectivity index (χ0n) is 8.19. The highest BCUT2D eigenvalue weighted by molar-refractivity contribution is 9.10. The Balaban J connectivity index is 1.73. The Morgan fingerprint density at radius 2 is 2.40 bits per heavy atom. The molecule has 3 atom stereocenters. The van der Waals surface area contributed by atoms with Crippen LogP contribution in [0.3, 0.4) is 0 Å². The van der Waals surface area contributed by atoms with Crippen molar-refractivity contribution in [2.75, 3.05) is 5.32 Å². The van der Waals surface area contributed by atoms with Crippen LogP contribution >= 0.6 is 15.9 Å². The van der Waals surface area contributed by atoms with Crippen LogP contribution in [-0.2, 0) is 4.74 Å². The fraction of sp³-hybridized carbons (Fsp3) is 0.600. The molecule has 5 heteroatoms. The number of anilines is 1. The van der Waals surface area contributed by atoms with Gasteiger partial charge in [-0.1, -0.05) is 0 Å². The van der Waals surface area contributed by atoms with Gasteiger partial charge in [0.05, 0.1) is 22.7 Å². The van der Waals surface area contributed by atoms with Gasteiger partial charge in [-0.2, -0.15) is 0 Å². The van der Waals surface area contributed by atoms with E-state index in [1.165, 1.54) is 12.8 Å². The van der Waals surface area contributed by atoms with Gasteiger partial charge in [0.15, 0.2) is 0 Å². The zero-order chi connectivity index (χ0) is 10.3. The van der Waals surface area contributed by atoms with E-state index in [4.69, 9.17) is 4.74 Å². The smallest absolute Gasteiger partial charge is 0.144 e. The van der Waals surface area contributed by atoms with Crippen LogP contribution in [0.4, 0.5) is 5.82 Å². The van der Waals surface area contributed by atoms with Crippen molar-refractivity contribution in [3.05, 3.63) is 17.0 Å². The van der Waals surface area contributed by atoms with Gasteiger partial charge in [-0.15, -0.1) is 0 Å². The molecule has 1 aromatic rings. The SMILES string of the molecule is Brc1cncnc1NC1CC2CCC1O2. The minimum Gasteiger partial charge on any atom is -0.373 e. The maximum Gasteiger partial charge on any atom is 0.144 e. The first-order chi connectivity index (χ1) is 7.33. The highest BCUT2D eigenvalue weighted by Crippen LogP contribution is 2.36. The number of ether oxygens (including phenoxy) is 1. The predicted octanol–water partition coefficient (Wildman–Crippen LogP) is 1.97. The van der Waals surface area contributed by atoms with Gasteiger partial charge in [0, 0.05) is 6.20 Å². The number of hydrogen-bond acceptors (Lipinski definition) is 4. The van der Waals surface area contributed by atoms with E-state index in [-0.39, 0.29) is 0 Å². The van der Waals surface area contributed by atoms with E-state index in [1.54, 1.807) is 12.5 Å². The summed E-state index contributed by atoms with van der Waals surface area (Å²) in [6.07, 6.45) is 7.63. The molecule has 0 spiro atoms. The van der Waals surface area contributed by atoms with Crippen molar-refractivity contribution in [1.82, 2.24) is 9.97 Å². The highest BCUT2D eigenvalue weighted by atomic mass is 79.9. The first-order valence-corrected chi connectivity index (χ1v) is 6.00. The van der Waals surface area contributed by atoms with Crippen LogP contribution in [0.25, 0.3) is 0 Å². The molecule has 2 fully saturated rings. The molecule has 4 nitrogen and oxygen atoms in total. The maximum absolute atomic E-state index is 5.78. The molecule has 3 heterocycles. The topological polar surface area (TPSA) is 47.0 Å². The average Bonchev–Trinajstić information content (AvgIpc) is 2.83. The molecule has 2 bridgehead atoms. The Kier molecular flexibility index (Phi) is 2.36. The lowest BCUT2D eigenvalue weighted by Crippen LogP contribution is -2.30. The molecule has 1 aromatic heterocycles. The Hall–Kier alpha value is -0.680. The molecule has 15 heavy (non-hydrogen) atoms. The standard InChI is InChI=1S/C10H12BrN3O/c11-7-4-12-5-13-10(7)14-8-3-6-1-2-9(8)15-6/h4-6,8-9H,1-3H2,(H,12,13,14). The second kappa shape index (κ2) is 3.72. The molecule has 1 N–H and O–H groups in total. The number of nitrogens with one attached hydrogen (secondary N) is 1. The molecule has 3 unspecified atom stereocenters. The molecule has 2 aliphatic heterocycles. The van der Waals surface area contributed by atoms with Crippen molar-refractivity contribution in [3.63, 3.8) is 0 Å². The molecular weight excluding hydrogens is 258 g/mol. The lowest BCUT2D eigenvalue weighted by atomic mass is 9.95. The third-order valence-electron chi connectivity index (χ3n) is 3.10. The zero-order valence-corrected chi connectivity index (χ0v) is 9.77. The molecule has 0 saturated carbocycles. The van der Waals surface area contributed by atoms with Gasteiger partial charge in [0.1, 0.15) is 12.1 Å². The lowest BCUT2D eigenvalue weighted by molar-refractivity contribution is 0.102. The van der Waals surface area contributed by atoms with Crippen LogP contribution in [-0.4, -0.2) is 28.2 Å². The number of rotatable bonds is 2. The summed E-state index contributed by atoms with van der Waals surface area (Å²) in [6, 6.07) is 0.412. The second-order valence-electron chi connectivity index (χ2n) is 4.08. The molecular formula is C10H12BrN3O. The molecule has 0 aromatic carbocycles. The van der Waals surface area contributed by atoms with E-state index in [9.17, 15) is 0 Å². The fourth-order valence-electron chi connectivity index (χ4n) is 2.38. The van der Waals surface area contributed by atoms with E-state index in [1.807, 2.05) is 0 Å². The van der Waals surface area contributed by atoms with Gasteiger partial charge in [-0.05, 0) is 35.2 Å². The van der Waals surface area contributed by atoms with Crippen LogP contribution in [0.1, 0.15) is 19.3 Å². The number of hydrogen-bond donors (Lipinski definition) is 1. The van der Waals surface area contributed by atoms with E-state index in [0.29, 0.717) is 18.2 Å². The Morgan fingerprint density at radius 3 is 3.07 bits per heavy atom. The summed E-state index contributed by atoms with van der Waals surface area (Å²) >= 11 is 3.43. The lowest BCUT2D eigenvalue weighted by Gasteiger charge is -2.20. The van der Waals surface area contributed by atoms with Crippen LogP contribution in [0, 0.1) is 0 Å². The van der Waals surface area contributed by atoms with Crippen LogP contribution < -0.4 is 5.32 Å². The van der Waals surface area contributed by atoms with Crippen molar-refractivity contribution < 1.29 is 4.74 Å². The Labute approximate surface area is 96.6 Å². The molecule has 2 aliphatic rings.